The summed E-state index contributed by atoms with van der Waals surface area (Å²) in [6.07, 6.45) is 4.96. The summed E-state index contributed by atoms with van der Waals surface area (Å²) in [5.74, 6) is 0. The predicted molar refractivity (Wildman–Crippen MR) is 79.2 cm³/mol. The summed E-state index contributed by atoms with van der Waals surface area (Å²) in [6.45, 7) is 7.39. The highest BCUT2D eigenvalue weighted by atomic mass is 32.2. The van der Waals surface area contributed by atoms with Crippen LogP contribution >= 0.6 is 0 Å². The lowest BCUT2D eigenvalue weighted by Crippen LogP contribution is -2.26. The van der Waals surface area contributed by atoms with E-state index >= 15 is 0 Å². The van der Waals surface area contributed by atoms with Gasteiger partial charge in [0.1, 0.15) is 4.90 Å². The van der Waals surface area contributed by atoms with Crippen LogP contribution in [-0.2, 0) is 29.7 Å². The molecular formula is C13H21N5O2S. The van der Waals surface area contributed by atoms with E-state index in [4.69, 9.17) is 0 Å². The SMILES string of the molecule is CCn1cc(CN(C)S(=O)(=O)c2cnn(CC)c2C)cn1. The average molecular weight is 311 g/mol. The fraction of sp³-hybridized carbons (Fsp3) is 0.538. The molecule has 21 heavy (non-hydrogen) atoms. The molecule has 0 radical (unpaired) electrons. The van der Waals surface area contributed by atoms with Gasteiger partial charge in [-0.25, -0.2) is 8.42 Å². The van der Waals surface area contributed by atoms with E-state index in [1.54, 1.807) is 29.5 Å². The first-order valence-corrected chi connectivity index (χ1v) is 8.34. The van der Waals surface area contributed by atoms with Gasteiger partial charge in [0.05, 0.1) is 18.1 Å². The van der Waals surface area contributed by atoms with Gasteiger partial charge in [0, 0.05) is 38.4 Å². The zero-order chi connectivity index (χ0) is 15.6. The Kier molecular flexibility index (Phi) is 4.48. The molecule has 0 aliphatic rings. The zero-order valence-corrected chi connectivity index (χ0v) is 13.6. The summed E-state index contributed by atoms with van der Waals surface area (Å²) in [5.41, 5.74) is 1.53. The Morgan fingerprint density at radius 3 is 2.43 bits per heavy atom. The molecule has 116 valence electrons. The quantitative estimate of drug-likeness (QED) is 0.805. The molecule has 8 heteroatoms. The van der Waals surface area contributed by atoms with E-state index in [2.05, 4.69) is 10.2 Å². The van der Waals surface area contributed by atoms with Crippen molar-refractivity contribution in [3.63, 3.8) is 0 Å². The van der Waals surface area contributed by atoms with Crippen LogP contribution in [0.4, 0.5) is 0 Å². The summed E-state index contributed by atoms with van der Waals surface area (Å²) >= 11 is 0. The monoisotopic (exact) mass is 311 g/mol. The number of aryl methyl sites for hydroxylation is 2. The smallest absolute Gasteiger partial charge is 0.246 e. The van der Waals surface area contributed by atoms with Gasteiger partial charge in [-0.2, -0.15) is 14.5 Å². The van der Waals surface area contributed by atoms with Crippen LogP contribution in [0.15, 0.2) is 23.5 Å². The molecule has 0 fully saturated rings. The molecule has 2 heterocycles. The van der Waals surface area contributed by atoms with Gasteiger partial charge in [-0.15, -0.1) is 0 Å². The summed E-state index contributed by atoms with van der Waals surface area (Å²) in [4.78, 5) is 0.259. The Balaban J connectivity index is 2.23. The van der Waals surface area contributed by atoms with Crippen LogP contribution in [0, 0.1) is 6.92 Å². The van der Waals surface area contributed by atoms with E-state index < -0.39 is 10.0 Å². The lowest BCUT2D eigenvalue weighted by atomic mass is 10.4. The highest BCUT2D eigenvalue weighted by molar-refractivity contribution is 7.89. The largest absolute Gasteiger partial charge is 0.273 e. The van der Waals surface area contributed by atoms with Crippen molar-refractivity contribution >= 4 is 10.0 Å². The van der Waals surface area contributed by atoms with Crippen LogP contribution in [0.2, 0.25) is 0 Å². The number of nitrogens with zero attached hydrogens (tertiary/aromatic N) is 5. The van der Waals surface area contributed by atoms with Crippen LogP contribution < -0.4 is 0 Å². The Hall–Kier alpha value is -1.67. The molecule has 2 rings (SSSR count). The second-order valence-electron chi connectivity index (χ2n) is 4.88. The van der Waals surface area contributed by atoms with Crippen LogP contribution in [0.5, 0.6) is 0 Å². The fourth-order valence-corrected chi connectivity index (χ4v) is 3.49. The predicted octanol–water partition coefficient (Wildman–Crippen LogP) is 1.25. The number of hydrogen-bond donors (Lipinski definition) is 0. The maximum absolute atomic E-state index is 12.6. The van der Waals surface area contributed by atoms with Gasteiger partial charge in [-0.05, 0) is 20.8 Å². The van der Waals surface area contributed by atoms with E-state index in [9.17, 15) is 8.42 Å². The first kappa shape index (κ1) is 15.7. The standard InChI is InChI=1S/C13H21N5O2S/c1-5-17-10-12(7-14-17)9-16(4)21(19,20)13-8-15-18(6-2)11(13)3/h7-8,10H,5-6,9H2,1-4H3. The molecule has 0 atom stereocenters. The van der Waals surface area contributed by atoms with Crippen molar-refractivity contribution < 1.29 is 8.42 Å². The van der Waals surface area contributed by atoms with Crippen molar-refractivity contribution in [3.8, 4) is 0 Å². The highest BCUT2D eigenvalue weighted by Gasteiger charge is 2.25. The Bertz CT molecular complexity index is 717. The van der Waals surface area contributed by atoms with Crippen molar-refractivity contribution in [3.05, 3.63) is 29.8 Å². The third kappa shape index (κ3) is 3.01. The molecule has 0 aliphatic carbocycles. The van der Waals surface area contributed by atoms with Crippen molar-refractivity contribution in [2.75, 3.05) is 7.05 Å². The van der Waals surface area contributed by atoms with Gasteiger partial charge >= 0.3 is 0 Å². The van der Waals surface area contributed by atoms with Crippen LogP contribution in [0.3, 0.4) is 0 Å². The topological polar surface area (TPSA) is 73.0 Å². The number of aromatic nitrogens is 4. The third-order valence-electron chi connectivity index (χ3n) is 3.46. The number of rotatable bonds is 6. The first-order valence-electron chi connectivity index (χ1n) is 6.90. The molecule has 2 aromatic rings. The highest BCUT2D eigenvalue weighted by Crippen LogP contribution is 2.20. The fourth-order valence-electron chi connectivity index (χ4n) is 2.17. The van der Waals surface area contributed by atoms with Crippen LogP contribution in [0.25, 0.3) is 0 Å². The van der Waals surface area contributed by atoms with Gasteiger partial charge in [0.2, 0.25) is 10.0 Å². The van der Waals surface area contributed by atoms with Crippen LogP contribution in [0.1, 0.15) is 25.1 Å². The lowest BCUT2D eigenvalue weighted by Gasteiger charge is -2.16. The normalized spacial score (nSPS) is 12.2. The van der Waals surface area contributed by atoms with E-state index in [0.717, 1.165) is 12.1 Å². The molecule has 2 aromatic heterocycles. The van der Waals surface area contributed by atoms with E-state index in [1.165, 1.54) is 10.5 Å². The van der Waals surface area contributed by atoms with E-state index in [1.807, 2.05) is 20.0 Å². The minimum Gasteiger partial charge on any atom is -0.273 e. The van der Waals surface area contributed by atoms with Gasteiger partial charge in [0.25, 0.3) is 0 Å². The molecule has 0 saturated carbocycles. The van der Waals surface area contributed by atoms with Gasteiger partial charge in [0.15, 0.2) is 0 Å². The van der Waals surface area contributed by atoms with Crippen molar-refractivity contribution in [2.45, 2.75) is 45.3 Å². The summed E-state index contributed by atoms with van der Waals surface area (Å²) in [5, 5.41) is 8.26. The second kappa shape index (κ2) is 5.98. The molecular weight excluding hydrogens is 290 g/mol. The molecule has 0 bridgehead atoms. The van der Waals surface area contributed by atoms with Crippen molar-refractivity contribution in [1.82, 2.24) is 23.9 Å². The van der Waals surface area contributed by atoms with Gasteiger partial charge in [-0.1, -0.05) is 0 Å². The maximum Gasteiger partial charge on any atom is 0.246 e. The van der Waals surface area contributed by atoms with Crippen molar-refractivity contribution in [2.24, 2.45) is 0 Å². The molecule has 0 spiro atoms. The molecule has 0 unspecified atom stereocenters. The second-order valence-corrected chi connectivity index (χ2v) is 6.89. The van der Waals surface area contributed by atoms with E-state index in [0.29, 0.717) is 18.8 Å². The molecule has 0 saturated heterocycles. The molecule has 0 aromatic carbocycles. The van der Waals surface area contributed by atoms with Crippen molar-refractivity contribution in [1.29, 1.82) is 0 Å². The number of sulfonamides is 1. The molecule has 0 N–H and O–H groups in total. The Morgan fingerprint density at radius 1 is 1.19 bits per heavy atom. The molecule has 0 amide bonds. The average Bonchev–Trinajstić information content (AvgIpc) is 3.05. The van der Waals surface area contributed by atoms with Crippen LogP contribution in [-0.4, -0.2) is 39.3 Å². The Labute approximate surface area is 125 Å². The third-order valence-corrected chi connectivity index (χ3v) is 5.37. The van der Waals surface area contributed by atoms with Gasteiger partial charge < -0.3 is 0 Å². The summed E-state index contributed by atoms with van der Waals surface area (Å²) in [7, 11) is -1.97. The summed E-state index contributed by atoms with van der Waals surface area (Å²) < 4.78 is 30.0. The minimum absolute atomic E-state index is 0.259. The lowest BCUT2D eigenvalue weighted by molar-refractivity contribution is 0.465. The number of hydrogen-bond acceptors (Lipinski definition) is 4. The van der Waals surface area contributed by atoms with E-state index in [-0.39, 0.29) is 4.90 Å². The van der Waals surface area contributed by atoms with Gasteiger partial charge in [-0.3, -0.25) is 9.36 Å². The molecule has 0 aliphatic heterocycles. The summed E-state index contributed by atoms with van der Waals surface area (Å²) in [6, 6.07) is 0. The maximum atomic E-state index is 12.6. The molecule has 7 nitrogen and oxygen atoms in total. The Morgan fingerprint density at radius 2 is 1.90 bits per heavy atom. The minimum atomic E-state index is -3.54. The zero-order valence-electron chi connectivity index (χ0n) is 12.8. The first-order chi connectivity index (χ1) is 9.90.